The number of thioether (sulfide) groups is 1. The number of piperazine rings is 1. The molecule has 0 atom stereocenters. The summed E-state index contributed by atoms with van der Waals surface area (Å²) in [7, 11) is 0. The molecule has 1 saturated heterocycles. The minimum absolute atomic E-state index is 0.0553. The van der Waals surface area contributed by atoms with E-state index in [1.165, 1.54) is 0 Å². The molecular weight excluding hydrogens is 412 g/mol. The molecule has 0 saturated carbocycles. The number of nitrogens with zero attached hydrogens (tertiary/aromatic N) is 3. The Morgan fingerprint density at radius 1 is 1.10 bits per heavy atom. The predicted molar refractivity (Wildman–Crippen MR) is 123 cm³/mol. The van der Waals surface area contributed by atoms with Crippen LogP contribution in [0.4, 0.5) is 10.5 Å². The summed E-state index contributed by atoms with van der Waals surface area (Å²) in [5.74, 6) is 0.730. The predicted octanol–water partition coefficient (Wildman–Crippen LogP) is 3.87. The summed E-state index contributed by atoms with van der Waals surface area (Å²) in [5.41, 5.74) is 1.41. The van der Waals surface area contributed by atoms with Gasteiger partial charge in [0.15, 0.2) is 0 Å². The number of rotatable bonds is 6. The highest BCUT2D eigenvalue weighted by Crippen LogP contribution is 2.22. The molecule has 1 aliphatic heterocycles. The van der Waals surface area contributed by atoms with Gasteiger partial charge < -0.3 is 15.0 Å². The summed E-state index contributed by atoms with van der Waals surface area (Å²) in [5, 5.41) is 3.96. The van der Waals surface area contributed by atoms with Gasteiger partial charge in [0.05, 0.1) is 11.6 Å². The molecule has 8 heteroatoms. The Kier molecular flexibility index (Phi) is 7.92. The molecule has 0 bridgehead atoms. The number of carbonyl (C=O) groups excluding carboxylic acids is 2. The van der Waals surface area contributed by atoms with E-state index in [4.69, 9.17) is 4.74 Å². The molecule has 2 amide bonds. The maximum Gasteiger partial charge on any atom is 0.410 e. The summed E-state index contributed by atoms with van der Waals surface area (Å²) in [4.78, 5) is 32.7. The Labute approximate surface area is 188 Å². The van der Waals surface area contributed by atoms with Crippen LogP contribution in [-0.2, 0) is 15.3 Å². The number of anilines is 1. The highest BCUT2D eigenvalue weighted by atomic mass is 32.2. The Bertz CT molecular complexity index is 878. The minimum atomic E-state index is -0.501. The maximum atomic E-state index is 12.5. The number of nitrogens with one attached hydrogen (secondary N) is 1. The highest BCUT2D eigenvalue weighted by Gasteiger charge is 2.26. The molecule has 2 heterocycles. The lowest BCUT2D eigenvalue weighted by Crippen LogP contribution is -2.51. The number of amides is 2. The Balaban J connectivity index is 1.43. The number of hydrogen-bond donors (Lipinski definition) is 1. The molecule has 1 aliphatic rings. The first-order valence-electron chi connectivity index (χ1n) is 10.4. The van der Waals surface area contributed by atoms with E-state index in [0.29, 0.717) is 32.7 Å². The zero-order chi connectivity index (χ0) is 22.3. The molecule has 166 valence electrons. The molecule has 31 heavy (non-hydrogen) atoms. The van der Waals surface area contributed by atoms with Crippen molar-refractivity contribution in [3.05, 3.63) is 54.2 Å². The number of aromatic nitrogens is 1. The molecule has 0 aliphatic carbocycles. The van der Waals surface area contributed by atoms with Crippen molar-refractivity contribution in [3.63, 3.8) is 0 Å². The van der Waals surface area contributed by atoms with E-state index in [1.54, 1.807) is 22.9 Å². The minimum Gasteiger partial charge on any atom is -0.444 e. The van der Waals surface area contributed by atoms with Gasteiger partial charge in [-0.1, -0.05) is 18.2 Å². The van der Waals surface area contributed by atoms with E-state index in [-0.39, 0.29) is 12.0 Å². The molecule has 1 N–H and O–H groups in total. The topological polar surface area (TPSA) is 74.8 Å². The van der Waals surface area contributed by atoms with E-state index in [1.807, 2.05) is 63.2 Å². The van der Waals surface area contributed by atoms with Crippen LogP contribution < -0.4 is 5.32 Å². The average molecular weight is 443 g/mol. The molecule has 2 aromatic rings. The van der Waals surface area contributed by atoms with Gasteiger partial charge in [0.25, 0.3) is 0 Å². The van der Waals surface area contributed by atoms with Crippen molar-refractivity contribution < 1.29 is 14.3 Å². The lowest BCUT2D eigenvalue weighted by atomic mass is 10.2. The van der Waals surface area contributed by atoms with Crippen LogP contribution in [0.15, 0.2) is 53.7 Å². The Hall–Kier alpha value is -2.58. The van der Waals surface area contributed by atoms with Crippen LogP contribution >= 0.6 is 11.8 Å². The normalized spacial score (nSPS) is 14.9. The van der Waals surface area contributed by atoms with Crippen molar-refractivity contribution in [1.29, 1.82) is 0 Å². The van der Waals surface area contributed by atoms with Gasteiger partial charge in [0.1, 0.15) is 5.60 Å². The zero-order valence-corrected chi connectivity index (χ0v) is 19.2. The Morgan fingerprint density at radius 2 is 1.87 bits per heavy atom. The highest BCUT2D eigenvalue weighted by molar-refractivity contribution is 7.98. The quantitative estimate of drug-likeness (QED) is 0.685. The summed E-state index contributed by atoms with van der Waals surface area (Å²) in [6, 6.07) is 13.7. The lowest BCUT2D eigenvalue weighted by molar-refractivity contribution is -0.117. The fraction of sp³-hybridized carbons (Fsp3) is 0.435. The third-order valence-corrected chi connectivity index (χ3v) is 5.64. The van der Waals surface area contributed by atoms with E-state index >= 15 is 0 Å². The smallest absolute Gasteiger partial charge is 0.410 e. The van der Waals surface area contributed by atoms with Crippen LogP contribution in [0.3, 0.4) is 0 Å². The van der Waals surface area contributed by atoms with E-state index < -0.39 is 5.60 Å². The van der Waals surface area contributed by atoms with Crippen LogP contribution in [0, 0.1) is 0 Å². The second-order valence-electron chi connectivity index (χ2n) is 8.45. The van der Waals surface area contributed by atoms with Crippen molar-refractivity contribution in [1.82, 2.24) is 14.8 Å². The number of benzene rings is 1. The summed E-state index contributed by atoms with van der Waals surface area (Å²) >= 11 is 1.66. The van der Waals surface area contributed by atoms with Gasteiger partial charge in [-0.25, -0.2) is 9.78 Å². The fourth-order valence-electron chi connectivity index (χ4n) is 3.15. The van der Waals surface area contributed by atoms with Crippen molar-refractivity contribution in [2.75, 3.05) is 38.0 Å². The van der Waals surface area contributed by atoms with Crippen LogP contribution in [0.25, 0.3) is 0 Å². The second-order valence-corrected chi connectivity index (χ2v) is 9.44. The molecule has 0 radical (unpaired) electrons. The third kappa shape index (κ3) is 7.88. The van der Waals surface area contributed by atoms with Crippen LogP contribution in [-0.4, -0.2) is 65.1 Å². The van der Waals surface area contributed by atoms with E-state index in [9.17, 15) is 9.59 Å². The maximum absolute atomic E-state index is 12.5. The number of carbonyl (C=O) groups is 2. The monoisotopic (exact) mass is 442 g/mol. The van der Waals surface area contributed by atoms with Gasteiger partial charge in [0.2, 0.25) is 5.91 Å². The number of ether oxygens (including phenoxy) is 1. The first kappa shape index (κ1) is 23.1. The second kappa shape index (κ2) is 10.6. The molecule has 7 nitrogen and oxygen atoms in total. The molecule has 0 unspecified atom stereocenters. The van der Waals surface area contributed by atoms with Crippen molar-refractivity contribution in [3.8, 4) is 0 Å². The van der Waals surface area contributed by atoms with Gasteiger partial charge in [-0.3, -0.25) is 9.69 Å². The average Bonchev–Trinajstić information content (AvgIpc) is 2.72. The van der Waals surface area contributed by atoms with Gasteiger partial charge in [-0.2, -0.15) is 0 Å². The Morgan fingerprint density at radius 3 is 2.55 bits per heavy atom. The molecular formula is C23H30N4O3S. The number of pyridine rings is 1. The standard InChI is InChI=1S/C23H30N4O3S/c1-23(2,3)30-22(29)27-13-11-26(12-14-27)16-20(28)25-19-8-6-7-18(15-19)17-31-21-9-4-5-10-24-21/h4-10,15H,11-14,16-17H2,1-3H3,(H,25,28). The van der Waals surface area contributed by atoms with Crippen LogP contribution in [0.1, 0.15) is 26.3 Å². The molecule has 1 aromatic heterocycles. The van der Waals surface area contributed by atoms with Crippen molar-refractivity contribution in [2.24, 2.45) is 0 Å². The summed E-state index contributed by atoms with van der Waals surface area (Å²) in [6.45, 7) is 8.29. The van der Waals surface area contributed by atoms with Crippen LogP contribution in [0.5, 0.6) is 0 Å². The molecule has 0 spiro atoms. The zero-order valence-electron chi connectivity index (χ0n) is 18.3. The third-order valence-electron chi connectivity index (χ3n) is 4.63. The van der Waals surface area contributed by atoms with Crippen molar-refractivity contribution >= 4 is 29.4 Å². The van der Waals surface area contributed by atoms with E-state index in [2.05, 4.69) is 15.2 Å². The van der Waals surface area contributed by atoms with Gasteiger partial charge in [-0.05, 0) is 50.6 Å². The van der Waals surface area contributed by atoms with Crippen molar-refractivity contribution in [2.45, 2.75) is 37.2 Å². The summed E-state index contributed by atoms with van der Waals surface area (Å²) < 4.78 is 5.42. The van der Waals surface area contributed by atoms with Crippen LogP contribution in [0.2, 0.25) is 0 Å². The van der Waals surface area contributed by atoms with Gasteiger partial charge >= 0.3 is 6.09 Å². The summed E-state index contributed by atoms with van der Waals surface area (Å²) in [6.07, 6.45) is 1.49. The first-order chi connectivity index (χ1) is 14.8. The molecule has 3 rings (SSSR count). The SMILES string of the molecule is CC(C)(C)OC(=O)N1CCN(CC(=O)Nc2cccc(CSc3ccccn3)c2)CC1. The van der Waals surface area contributed by atoms with Gasteiger partial charge in [0, 0.05) is 43.8 Å². The largest absolute Gasteiger partial charge is 0.444 e. The molecule has 1 fully saturated rings. The fourth-order valence-corrected chi connectivity index (χ4v) is 3.95. The molecule has 1 aromatic carbocycles. The number of hydrogen-bond acceptors (Lipinski definition) is 6. The lowest BCUT2D eigenvalue weighted by Gasteiger charge is -2.35. The van der Waals surface area contributed by atoms with E-state index in [0.717, 1.165) is 22.0 Å². The van der Waals surface area contributed by atoms with Gasteiger partial charge in [-0.15, -0.1) is 11.8 Å². The first-order valence-corrected chi connectivity index (χ1v) is 11.4.